The molecule has 0 aromatic heterocycles. The average Bonchev–Trinajstić information content (AvgIpc) is 3.24. The van der Waals surface area contributed by atoms with Gasteiger partial charge in [-0.15, -0.1) is 0 Å². The molecule has 38 heavy (non-hydrogen) atoms. The van der Waals surface area contributed by atoms with E-state index < -0.39 is 47.1 Å². The molecule has 4 saturated heterocycles. The van der Waals surface area contributed by atoms with E-state index in [9.17, 15) is 26.6 Å². The molecule has 5 aliphatic rings. The van der Waals surface area contributed by atoms with Crippen LogP contribution in [0, 0.1) is 17.3 Å². The van der Waals surface area contributed by atoms with Gasteiger partial charge < -0.3 is 4.90 Å². The highest BCUT2D eigenvalue weighted by atomic mass is 32.2. The number of hydrazine groups is 1. The number of rotatable bonds is 4. The Hall–Kier alpha value is -0.820. The van der Waals surface area contributed by atoms with E-state index in [4.69, 9.17) is 0 Å². The lowest BCUT2D eigenvalue weighted by Crippen LogP contribution is -2.74. The second-order valence-electron chi connectivity index (χ2n) is 12.8. The van der Waals surface area contributed by atoms with Crippen molar-refractivity contribution < 1.29 is 26.6 Å². The third-order valence-corrected chi connectivity index (χ3v) is 11.4. The zero-order chi connectivity index (χ0) is 27.4. The van der Waals surface area contributed by atoms with Gasteiger partial charge in [0, 0.05) is 66.4 Å². The summed E-state index contributed by atoms with van der Waals surface area (Å²) in [6.45, 7) is 6.10. The highest BCUT2D eigenvalue weighted by Gasteiger charge is 2.55. The lowest BCUT2D eigenvalue weighted by molar-refractivity contribution is -0.203. The molecule has 0 spiro atoms. The van der Waals surface area contributed by atoms with Gasteiger partial charge in [0.05, 0.1) is 6.17 Å². The van der Waals surface area contributed by atoms with Crippen LogP contribution in [0.1, 0.15) is 65.2 Å². The summed E-state index contributed by atoms with van der Waals surface area (Å²) >= 11 is 0. The molecular formula is C26H43F4N5O2S. The largest absolute Gasteiger partial charge is 0.409 e. The Kier molecular flexibility index (Phi) is 8.21. The van der Waals surface area contributed by atoms with E-state index in [0.29, 0.717) is 56.5 Å². The average molecular weight is 566 g/mol. The number of piperidine rings is 1. The van der Waals surface area contributed by atoms with E-state index >= 15 is 0 Å². The quantitative estimate of drug-likeness (QED) is 0.404. The van der Waals surface area contributed by atoms with E-state index in [1.807, 2.05) is 0 Å². The van der Waals surface area contributed by atoms with Crippen molar-refractivity contribution in [3.05, 3.63) is 0 Å². The molecule has 1 saturated carbocycles. The van der Waals surface area contributed by atoms with Gasteiger partial charge in [-0.2, -0.15) is 13.2 Å². The molecule has 218 valence electrons. The number of nitrogens with one attached hydrogen (secondary N) is 2. The van der Waals surface area contributed by atoms with Gasteiger partial charge in [-0.25, -0.2) is 14.8 Å². The summed E-state index contributed by atoms with van der Waals surface area (Å²) in [5, 5.41) is 5.56. The summed E-state index contributed by atoms with van der Waals surface area (Å²) in [5.41, 5.74) is 3.02. The molecule has 5 rings (SSSR count). The van der Waals surface area contributed by atoms with Crippen LogP contribution in [-0.2, 0) is 15.6 Å². The first-order valence-corrected chi connectivity index (χ1v) is 15.7. The first-order chi connectivity index (χ1) is 17.9. The lowest BCUT2D eigenvalue weighted by Gasteiger charge is -2.59. The summed E-state index contributed by atoms with van der Waals surface area (Å²) in [6.07, 6.45) is -1.29. The normalized spacial score (nSPS) is 41.2. The standard InChI is InChI=1S/C26H43F4N5O2S/c1-25(2)10-11-34(19-15-31-21-14-20(27)32-35(21)23(19)25)18-6-4-16(5-7-18)22(26(28,29)30)33(3)24(36)17-8-12-38(37)13-9-17/h16-23,31-32H,4-15H2,1-3H3/t16?,17?,18?,19?,20?,21?,22-,23?,38?/m0/s1. The number of nitrogens with zero attached hydrogens (tertiary/aromatic N) is 3. The van der Waals surface area contributed by atoms with E-state index in [0.717, 1.165) is 24.4 Å². The number of hydrogen-bond donors (Lipinski definition) is 2. The van der Waals surface area contributed by atoms with Gasteiger partial charge in [0.15, 0.2) is 6.30 Å². The third kappa shape index (κ3) is 5.53. The molecule has 1 amide bonds. The van der Waals surface area contributed by atoms with Gasteiger partial charge in [0.25, 0.3) is 0 Å². The van der Waals surface area contributed by atoms with E-state index in [-0.39, 0.29) is 29.7 Å². The zero-order valence-corrected chi connectivity index (χ0v) is 23.5. The molecule has 4 heterocycles. The summed E-state index contributed by atoms with van der Waals surface area (Å²) in [5.74, 6) is -0.793. The molecule has 5 fully saturated rings. The Balaban J connectivity index is 1.25. The van der Waals surface area contributed by atoms with Gasteiger partial charge in [0.1, 0.15) is 6.04 Å². The van der Waals surface area contributed by atoms with Crippen LogP contribution in [0.5, 0.6) is 0 Å². The molecule has 0 aromatic rings. The van der Waals surface area contributed by atoms with Crippen LogP contribution in [0.3, 0.4) is 0 Å². The highest BCUT2D eigenvalue weighted by Crippen LogP contribution is 2.45. The zero-order valence-electron chi connectivity index (χ0n) is 22.7. The molecule has 0 radical (unpaired) electrons. The predicted molar refractivity (Wildman–Crippen MR) is 138 cm³/mol. The number of halogens is 4. The summed E-state index contributed by atoms with van der Waals surface area (Å²) in [6, 6.07) is -1.32. The van der Waals surface area contributed by atoms with Crippen molar-refractivity contribution in [2.75, 3.05) is 31.6 Å². The maximum absolute atomic E-state index is 14.4. The number of amides is 1. The summed E-state index contributed by atoms with van der Waals surface area (Å²) in [4.78, 5) is 16.5. The topological polar surface area (TPSA) is 67.9 Å². The van der Waals surface area contributed by atoms with Crippen molar-refractivity contribution in [1.82, 2.24) is 25.6 Å². The smallest absolute Gasteiger partial charge is 0.333 e. The van der Waals surface area contributed by atoms with E-state index in [2.05, 4.69) is 34.5 Å². The molecule has 7 nitrogen and oxygen atoms in total. The van der Waals surface area contributed by atoms with Crippen molar-refractivity contribution in [3.63, 3.8) is 0 Å². The molecule has 5 atom stereocenters. The van der Waals surface area contributed by atoms with Crippen LogP contribution in [0.2, 0.25) is 0 Å². The minimum atomic E-state index is -4.49. The Bertz CT molecular complexity index is 889. The van der Waals surface area contributed by atoms with Crippen molar-refractivity contribution in [2.24, 2.45) is 17.3 Å². The summed E-state index contributed by atoms with van der Waals surface area (Å²) < 4.78 is 69.0. The van der Waals surface area contributed by atoms with Gasteiger partial charge in [-0.3, -0.25) is 19.2 Å². The van der Waals surface area contributed by atoms with Crippen molar-refractivity contribution in [2.45, 2.75) is 108 Å². The fraction of sp³-hybridized carbons (Fsp3) is 0.962. The third-order valence-electron chi connectivity index (χ3n) is 10.0. The maximum atomic E-state index is 14.4. The fourth-order valence-corrected chi connectivity index (χ4v) is 9.32. The molecule has 2 N–H and O–H groups in total. The Morgan fingerprint density at radius 2 is 1.76 bits per heavy atom. The minimum Gasteiger partial charge on any atom is -0.333 e. The maximum Gasteiger partial charge on any atom is 0.409 e. The van der Waals surface area contributed by atoms with Crippen LogP contribution in [0.4, 0.5) is 17.6 Å². The van der Waals surface area contributed by atoms with Crippen molar-refractivity contribution in [1.29, 1.82) is 0 Å². The molecule has 12 heteroatoms. The van der Waals surface area contributed by atoms with E-state index in [1.165, 1.54) is 7.05 Å². The Labute approximate surface area is 225 Å². The van der Waals surface area contributed by atoms with Crippen LogP contribution in [-0.4, -0.2) is 99.4 Å². The number of carbonyl (C=O) groups is 1. The van der Waals surface area contributed by atoms with Crippen molar-refractivity contribution in [3.8, 4) is 0 Å². The Morgan fingerprint density at radius 1 is 1.11 bits per heavy atom. The molecule has 4 aliphatic heterocycles. The summed E-state index contributed by atoms with van der Waals surface area (Å²) in [7, 11) is 0.338. The molecule has 1 aliphatic carbocycles. The van der Waals surface area contributed by atoms with Crippen molar-refractivity contribution >= 4 is 16.7 Å². The number of alkyl halides is 4. The first-order valence-electron chi connectivity index (χ1n) is 14.2. The van der Waals surface area contributed by atoms with Gasteiger partial charge in [-0.1, -0.05) is 13.8 Å². The first kappa shape index (κ1) is 28.7. The molecule has 0 bridgehead atoms. The van der Waals surface area contributed by atoms with Gasteiger partial charge in [0.2, 0.25) is 5.91 Å². The van der Waals surface area contributed by atoms with Crippen LogP contribution in [0.25, 0.3) is 0 Å². The Morgan fingerprint density at radius 3 is 2.39 bits per heavy atom. The number of fused-ring (bicyclic) bond motifs is 3. The fourth-order valence-electron chi connectivity index (χ4n) is 8.02. The highest BCUT2D eigenvalue weighted by molar-refractivity contribution is 7.85. The van der Waals surface area contributed by atoms with Crippen LogP contribution in [0.15, 0.2) is 0 Å². The van der Waals surface area contributed by atoms with Gasteiger partial charge >= 0.3 is 6.18 Å². The predicted octanol–water partition coefficient (Wildman–Crippen LogP) is 3.00. The van der Waals surface area contributed by atoms with Crippen LogP contribution < -0.4 is 10.7 Å². The molecular weight excluding hydrogens is 522 g/mol. The number of carbonyl (C=O) groups excluding carboxylic acids is 1. The number of likely N-dealkylation sites (tertiary alicyclic amines) is 1. The molecule has 0 aromatic carbocycles. The monoisotopic (exact) mass is 565 g/mol. The van der Waals surface area contributed by atoms with Gasteiger partial charge in [-0.05, 0) is 62.8 Å². The lowest BCUT2D eigenvalue weighted by atomic mass is 9.71. The van der Waals surface area contributed by atoms with E-state index in [1.54, 1.807) is 0 Å². The second kappa shape index (κ2) is 10.9. The number of hydrogen-bond acceptors (Lipinski definition) is 6. The second-order valence-corrected chi connectivity index (χ2v) is 14.5. The molecule has 4 unspecified atom stereocenters. The SMILES string of the molecule is CN(C(=O)C1CCS(=O)CC1)[C@@H](C1CCC(N2CCC(C)(C)C3C2CNC2CC(F)NN23)CC1)C(F)(F)F. The van der Waals surface area contributed by atoms with Crippen LogP contribution >= 0.6 is 0 Å². The minimum absolute atomic E-state index is 0.00798.